The minimum atomic E-state index is 0.205. The van der Waals surface area contributed by atoms with E-state index in [0.717, 1.165) is 21.5 Å². The van der Waals surface area contributed by atoms with Gasteiger partial charge in [0.1, 0.15) is 11.5 Å². The van der Waals surface area contributed by atoms with Crippen molar-refractivity contribution in [3.63, 3.8) is 0 Å². The third kappa shape index (κ3) is 4.20. The fourth-order valence-electron chi connectivity index (χ4n) is 2.33. The van der Waals surface area contributed by atoms with E-state index in [4.69, 9.17) is 14.0 Å². The summed E-state index contributed by atoms with van der Waals surface area (Å²) in [6.07, 6.45) is 0. The molecule has 0 aliphatic heterocycles. The number of halogens is 1. The van der Waals surface area contributed by atoms with Crippen LogP contribution in [-0.4, -0.2) is 17.3 Å². The molecule has 0 saturated heterocycles. The SMILES string of the molecule is COc1cccc(-c2noc(COc3ccc(C(C)C)cc3Br)n2)c1. The first-order chi connectivity index (χ1) is 12.1. The Bertz CT molecular complexity index is 861. The molecule has 1 aromatic heterocycles. The van der Waals surface area contributed by atoms with Crippen LogP contribution in [0.2, 0.25) is 0 Å². The van der Waals surface area contributed by atoms with Gasteiger partial charge in [0.15, 0.2) is 6.61 Å². The van der Waals surface area contributed by atoms with Gasteiger partial charge in [0.2, 0.25) is 5.82 Å². The molecular weight excluding hydrogens is 384 g/mol. The van der Waals surface area contributed by atoms with Crippen molar-refractivity contribution in [1.82, 2.24) is 10.1 Å². The second-order valence-corrected chi connectivity index (χ2v) is 6.73. The number of nitrogens with zero attached hydrogens (tertiary/aromatic N) is 2. The summed E-state index contributed by atoms with van der Waals surface area (Å²) >= 11 is 3.54. The highest BCUT2D eigenvalue weighted by molar-refractivity contribution is 9.10. The smallest absolute Gasteiger partial charge is 0.264 e. The summed E-state index contributed by atoms with van der Waals surface area (Å²) < 4.78 is 17.2. The molecule has 0 spiro atoms. The van der Waals surface area contributed by atoms with Gasteiger partial charge in [-0.3, -0.25) is 0 Å². The first-order valence-electron chi connectivity index (χ1n) is 7.96. The Morgan fingerprint density at radius 2 is 2.00 bits per heavy atom. The van der Waals surface area contributed by atoms with Gasteiger partial charge in [-0.05, 0) is 51.7 Å². The van der Waals surface area contributed by atoms with Crippen LogP contribution in [0.1, 0.15) is 31.2 Å². The zero-order valence-corrected chi connectivity index (χ0v) is 15.9. The van der Waals surface area contributed by atoms with Crippen molar-refractivity contribution in [1.29, 1.82) is 0 Å². The van der Waals surface area contributed by atoms with Crippen molar-refractivity contribution in [2.24, 2.45) is 0 Å². The molecule has 0 atom stereocenters. The summed E-state index contributed by atoms with van der Waals surface area (Å²) in [5.41, 5.74) is 2.08. The summed E-state index contributed by atoms with van der Waals surface area (Å²) in [4.78, 5) is 4.37. The van der Waals surface area contributed by atoms with E-state index in [0.29, 0.717) is 17.6 Å². The van der Waals surface area contributed by atoms with Crippen LogP contribution in [0, 0.1) is 0 Å². The van der Waals surface area contributed by atoms with E-state index >= 15 is 0 Å². The van der Waals surface area contributed by atoms with Gasteiger partial charge in [0, 0.05) is 5.56 Å². The molecule has 0 radical (unpaired) electrons. The van der Waals surface area contributed by atoms with Gasteiger partial charge in [-0.25, -0.2) is 0 Å². The van der Waals surface area contributed by atoms with Gasteiger partial charge in [-0.1, -0.05) is 37.2 Å². The first-order valence-corrected chi connectivity index (χ1v) is 8.75. The molecule has 3 aromatic rings. The lowest BCUT2D eigenvalue weighted by Crippen LogP contribution is -1.97. The Labute approximate surface area is 155 Å². The van der Waals surface area contributed by atoms with Crippen LogP contribution in [0.25, 0.3) is 11.4 Å². The molecule has 0 amide bonds. The van der Waals surface area contributed by atoms with Crippen molar-refractivity contribution in [2.75, 3.05) is 7.11 Å². The highest BCUT2D eigenvalue weighted by Crippen LogP contribution is 2.29. The molecule has 0 fully saturated rings. The molecule has 0 aliphatic rings. The van der Waals surface area contributed by atoms with Crippen LogP contribution in [0.5, 0.6) is 11.5 Å². The average Bonchev–Trinajstić information content (AvgIpc) is 3.09. The minimum absolute atomic E-state index is 0.205. The van der Waals surface area contributed by atoms with Crippen LogP contribution >= 0.6 is 15.9 Å². The molecule has 6 heteroatoms. The van der Waals surface area contributed by atoms with Gasteiger partial charge >= 0.3 is 0 Å². The Morgan fingerprint density at radius 3 is 2.72 bits per heavy atom. The van der Waals surface area contributed by atoms with Crippen LogP contribution in [0.4, 0.5) is 0 Å². The maximum absolute atomic E-state index is 5.78. The summed E-state index contributed by atoms with van der Waals surface area (Å²) in [5, 5.41) is 4.00. The number of hydrogen-bond donors (Lipinski definition) is 0. The quantitative estimate of drug-likeness (QED) is 0.566. The van der Waals surface area contributed by atoms with Gasteiger partial charge in [-0.2, -0.15) is 4.98 Å². The van der Waals surface area contributed by atoms with E-state index in [1.54, 1.807) is 7.11 Å². The highest BCUT2D eigenvalue weighted by atomic mass is 79.9. The zero-order chi connectivity index (χ0) is 17.8. The average molecular weight is 403 g/mol. The summed E-state index contributed by atoms with van der Waals surface area (Å²) in [6.45, 7) is 4.51. The molecule has 1 heterocycles. The number of ether oxygens (including phenoxy) is 2. The van der Waals surface area contributed by atoms with E-state index in [2.05, 4.69) is 52.1 Å². The molecule has 3 rings (SSSR count). The molecule has 0 aliphatic carbocycles. The second kappa shape index (κ2) is 7.70. The van der Waals surface area contributed by atoms with Crippen molar-refractivity contribution in [3.8, 4) is 22.9 Å². The predicted molar refractivity (Wildman–Crippen MR) is 98.8 cm³/mol. The molecule has 130 valence electrons. The van der Waals surface area contributed by atoms with Crippen LogP contribution in [0.15, 0.2) is 51.5 Å². The standard InChI is InChI=1S/C19H19BrN2O3/c1-12(2)13-7-8-17(16(20)10-13)24-11-18-21-19(22-25-18)14-5-4-6-15(9-14)23-3/h4-10,12H,11H2,1-3H3. The Kier molecular flexibility index (Phi) is 5.38. The molecular formula is C19H19BrN2O3. The van der Waals surface area contributed by atoms with E-state index in [9.17, 15) is 0 Å². The van der Waals surface area contributed by atoms with E-state index < -0.39 is 0 Å². The molecule has 0 unspecified atom stereocenters. The molecule has 2 aromatic carbocycles. The highest BCUT2D eigenvalue weighted by Gasteiger charge is 2.11. The lowest BCUT2D eigenvalue weighted by molar-refractivity contribution is 0.241. The summed E-state index contributed by atoms with van der Waals surface area (Å²) in [5.74, 6) is 2.87. The number of benzene rings is 2. The van der Waals surface area contributed by atoms with Gasteiger partial charge in [0.05, 0.1) is 11.6 Å². The van der Waals surface area contributed by atoms with Crippen molar-refractivity contribution in [3.05, 3.63) is 58.4 Å². The number of aromatic nitrogens is 2. The van der Waals surface area contributed by atoms with E-state index in [-0.39, 0.29) is 6.61 Å². The largest absolute Gasteiger partial charge is 0.497 e. The zero-order valence-electron chi connectivity index (χ0n) is 14.3. The van der Waals surface area contributed by atoms with Crippen LogP contribution in [-0.2, 0) is 6.61 Å². The van der Waals surface area contributed by atoms with E-state index in [1.807, 2.05) is 30.3 Å². The molecule has 0 bridgehead atoms. The number of methoxy groups -OCH3 is 1. The normalized spacial score (nSPS) is 10.9. The Balaban J connectivity index is 1.69. The summed E-state index contributed by atoms with van der Waals surface area (Å²) in [6, 6.07) is 13.6. The van der Waals surface area contributed by atoms with Crippen molar-refractivity contribution in [2.45, 2.75) is 26.4 Å². The second-order valence-electron chi connectivity index (χ2n) is 5.88. The maximum Gasteiger partial charge on any atom is 0.264 e. The summed E-state index contributed by atoms with van der Waals surface area (Å²) in [7, 11) is 1.62. The first kappa shape index (κ1) is 17.5. The van der Waals surface area contributed by atoms with Gasteiger partial charge < -0.3 is 14.0 Å². The van der Waals surface area contributed by atoms with Crippen molar-refractivity contribution < 1.29 is 14.0 Å². The van der Waals surface area contributed by atoms with Crippen LogP contribution in [0.3, 0.4) is 0 Å². The van der Waals surface area contributed by atoms with Crippen LogP contribution < -0.4 is 9.47 Å². The Morgan fingerprint density at radius 1 is 1.16 bits per heavy atom. The molecule has 25 heavy (non-hydrogen) atoms. The Hall–Kier alpha value is -2.34. The lowest BCUT2D eigenvalue weighted by atomic mass is 10.0. The monoisotopic (exact) mass is 402 g/mol. The van der Waals surface area contributed by atoms with Gasteiger partial charge in [-0.15, -0.1) is 0 Å². The fourth-order valence-corrected chi connectivity index (χ4v) is 2.84. The predicted octanol–water partition coefficient (Wildman–Crippen LogP) is 5.21. The number of hydrogen-bond acceptors (Lipinski definition) is 5. The minimum Gasteiger partial charge on any atom is -0.497 e. The third-order valence-electron chi connectivity index (χ3n) is 3.77. The molecule has 5 nitrogen and oxygen atoms in total. The van der Waals surface area contributed by atoms with E-state index in [1.165, 1.54) is 5.56 Å². The fraction of sp³-hybridized carbons (Fsp3) is 0.263. The third-order valence-corrected chi connectivity index (χ3v) is 4.39. The molecule has 0 saturated carbocycles. The topological polar surface area (TPSA) is 57.4 Å². The number of rotatable bonds is 6. The maximum atomic E-state index is 5.78. The molecule has 0 N–H and O–H groups in total. The van der Waals surface area contributed by atoms with Gasteiger partial charge in [0.25, 0.3) is 5.89 Å². The lowest BCUT2D eigenvalue weighted by Gasteiger charge is -2.10. The van der Waals surface area contributed by atoms with Crippen molar-refractivity contribution >= 4 is 15.9 Å².